The summed E-state index contributed by atoms with van der Waals surface area (Å²) in [5.74, 6) is -0.173. The zero-order valence-corrected chi connectivity index (χ0v) is 15.8. The van der Waals surface area contributed by atoms with Crippen molar-refractivity contribution < 1.29 is 9.59 Å². The number of aromatic amines is 1. The van der Waals surface area contributed by atoms with Crippen LogP contribution in [-0.2, 0) is 0 Å². The first-order valence-electron chi connectivity index (χ1n) is 9.26. The van der Waals surface area contributed by atoms with Crippen LogP contribution in [0.3, 0.4) is 0 Å². The van der Waals surface area contributed by atoms with Crippen molar-refractivity contribution in [2.45, 2.75) is 39.7 Å². The van der Waals surface area contributed by atoms with E-state index in [1.165, 1.54) is 25.3 Å². The van der Waals surface area contributed by atoms with Gasteiger partial charge in [-0.15, -0.1) is 0 Å². The predicted molar refractivity (Wildman–Crippen MR) is 103 cm³/mol. The molecule has 1 amide bonds. The second kappa shape index (κ2) is 7.87. The van der Waals surface area contributed by atoms with Gasteiger partial charge >= 0.3 is 0 Å². The molecule has 3 rings (SSSR count). The van der Waals surface area contributed by atoms with E-state index in [4.69, 9.17) is 0 Å². The highest BCUT2D eigenvalue weighted by molar-refractivity contribution is 6.02. The molecule has 1 aliphatic heterocycles. The second-order valence-electron chi connectivity index (χ2n) is 7.06. The molecule has 5 heteroatoms. The third-order valence-electron chi connectivity index (χ3n) is 5.24. The Labute approximate surface area is 154 Å². The Morgan fingerprint density at radius 1 is 1.15 bits per heavy atom. The topological polar surface area (TPSA) is 65.2 Å². The number of Topliss-reactive ketones (excluding diaryl/α,β-unsaturated/α-hetero) is 1. The van der Waals surface area contributed by atoms with E-state index >= 15 is 0 Å². The number of carbonyl (C=O) groups excluding carboxylic acids is 2. The lowest BCUT2D eigenvalue weighted by Crippen LogP contribution is -2.37. The molecule has 0 bridgehead atoms. The zero-order chi connectivity index (χ0) is 18.7. The van der Waals surface area contributed by atoms with Crippen LogP contribution >= 0.6 is 0 Å². The summed E-state index contributed by atoms with van der Waals surface area (Å²) in [5.41, 5.74) is 3.80. The van der Waals surface area contributed by atoms with Crippen LogP contribution < -0.4 is 5.32 Å². The van der Waals surface area contributed by atoms with E-state index in [1.54, 1.807) is 0 Å². The fourth-order valence-corrected chi connectivity index (χ4v) is 3.97. The minimum atomic E-state index is -0.154. The summed E-state index contributed by atoms with van der Waals surface area (Å²) in [6, 6.07) is 10.5. The number of hydrogen-bond acceptors (Lipinski definition) is 3. The van der Waals surface area contributed by atoms with Gasteiger partial charge in [-0.1, -0.05) is 30.3 Å². The van der Waals surface area contributed by atoms with Crippen molar-refractivity contribution in [3.8, 4) is 0 Å². The predicted octanol–water partition coefficient (Wildman–Crippen LogP) is 3.40. The van der Waals surface area contributed by atoms with Crippen LogP contribution in [0.1, 0.15) is 63.5 Å². The molecule has 1 atom stereocenters. The molecule has 26 heavy (non-hydrogen) atoms. The molecule has 0 aliphatic carbocycles. The minimum absolute atomic E-state index is 0.0190. The van der Waals surface area contributed by atoms with Gasteiger partial charge in [-0.3, -0.25) is 14.5 Å². The Morgan fingerprint density at radius 3 is 2.38 bits per heavy atom. The monoisotopic (exact) mass is 353 g/mol. The van der Waals surface area contributed by atoms with Crippen LogP contribution in [0.5, 0.6) is 0 Å². The average Bonchev–Trinajstić information content (AvgIpc) is 3.24. The molecular formula is C21H27N3O2. The molecule has 1 aromatic heterocycles. The molecule has 0 spiro atoms. The number of ketones is 1. The van der Waals surface area contributed by atoms with Gasteiger partial charge in [-0.25, -0.2) is 0 Å². The fourth-order valence-electron chi connectivity index (χ4n) is 3.97. The maximum Gasteiger partial charge on any atom is 0.268 e. The Morgan fingerprint density at radius 2 is 1.81 bits per heavy atom. The number of likely N-dealkylation sites (tertiary alicyclic amines) is 1. The van der Waals surface area contributed by atoms with E-state index in [9.17, 15) is 9.59 Å². The van der Waals surface area contributed by atoms with Crippen LogP contribution in [0.25, 0.3) is 0 Å². The molecule has 1 aliphatic rings. The van der Waals surface area contributed by atoms with Gasteiger partial charge in [0.2, 0.25) is 0 Å². The van der Waals surface area contributed by atoms with Gasteiger partial charge in [0.25, 0.3) is 5.91 Å². The SMILES string of the molecule is CC(=O)c1c(C)[nH]c(C(=O)NC[C@H](c2ccccc2)N2CCCC2)c1C. The minimum Gasteiger partial charge on any atom is -0.354 e. The Bertz CT molecular complexity index is 789. The summed E-state index contributed by atoms with van der Waals surface area (Å²) in [6.45, 7) is 7.86. The van der Waals surface area contributed by atoms with Gasteiger partial charge < -0.3 is 10.3 Å². The molecule has 1 aromatic carbocycles. The third-order valence-corrected chi connectivity index (χ3v) is 5.24. The van der Waals surface area contributed by atoms with Crippen LogP contribution in [0.15, 0.2) is 30.3 Å². The van der Waals surface area contributed by atoms with Gasteiger partial charge in [0.15, 0.2) is 5.78 Å². The molecule has 0 unspecified atom stereocenters. The summed E-state index contributed by atoms with van der Waals surface area (Å²) in [7, 11) is 0. The molecular weight excluding hydrogens is 326 g/mol. The van der Waals surface area contributed by atoms with Gasteiger partial charge in [-0.2, -0.15) is 0 Å². The smallest absolute Gasteiger partial charge is 0.268 e. The standard InChI is InChI=1S/C21H27N3O2/c1-14-19(16(3)25)15(2)23-20(14)21(26)22-13-18(24-11-7-8-12-24)17-9-5-4-6-10-17/h4-6,9-10,18,23H,7-8,11-13H2,1-3H3,(H,22,26)/t18-/m1/s1. The lowest BCUT2D eigenvalue weighted by molar-refractivity contribution is 0.0932. The number of nitrogens with zero attached hydrogens (tertiary/aromatic N) is 1. The van der Waals surface area contributed by atoms with E-state index in [1.807, 2.05) is 32.0 Å². The maximum absolute atomic E-state index is 12.7. The average molecular weight is 353 g/mol. The van der Waals surface area contributed by atoms with E-state index in [0.717, 1.165) is 24.3 Å². The molecule has 2 heterocycles. The lowest BCUT2D eigenvalue weighted by atomic mass is 10.0. The first-order valence-corrected chi connectivity index (χ1v) is 9.26. The number of rotatable bonds is 6. The van der Waals surface area contributed by atoms with Crippen molar-refractivity contribution >= 4 is 11.7 Å². The van der Waals surface area contributed by atoms with Crippen molar-refractivity contribution in [2.75, 3.05) is 19.6 Å². The van der Waals surface area contributed by atoms with Crippen LogP contribution in [-0.4, -0.2) is 41.2 Å². The highest BCUT2D eigenvalue weighted by atomic mass is 16.2. The Balaban J connectivity index is 1.76. The molecule has 0 saturated carbocycles. The lowest BCUT2D eigenvalue weighted by Gasteiger charge is -2.28. The Hall–Kier alpha value is -2.40. The van der Waals surface area contributed by atoms with Crippen molar-refractivity contribution in [3.63, 3.8) is 0 Å². The summed E-state index contributed by atoms with van der Waals surface area (Å²) >= 11 is 0. The number of H-pyrrole nitrogens is 1. The van der Waals surface area contributed by atoms with Crippen molar-refractivity contribution in [1.82, 2.24) is 15.2 Å². The van der Waals surface area contributed by atoms with E-state index in [0.29, 0.717) is 17.8 Å². The first kappa shape index (κ1) is 18.4. The van der Waals surface area contributed by atoms with E-state index < -0.39 is 0 Å². The number of benzene rings is 1. The first-order chi connectivity index (χ1) is 12.5. The number of aryl methyl sites for hydroxylation is 1. The number of amides is 1. The zero-order valence-electron chi connectivity index (χ0n) is 15.8. The highest BCUT2D eigenvalue weighted by Gasteiger charge is 2.25. The van der Waals surface area contributed by atoms with Crippen LogP contribution in [0, 0.1) is 13.8 Å². The van der Waals surface area contributed by atoms with Crippen molar-refractivity contribution in [2.24, 2.45) is 0 Å². The van der Waals surface area contributed by atoms with Gasteiger partial charge in [-0.05, 0) is 57.8 Å². The number of carbonyl (C=O) groups is 2. The second-order valence-corrected chi connectivity index (χ2v) is 7.06. The third kappa shape index (κ3) is 3.73. The quantitative estimate of drug-likeness (QED) is 0.782. The van der Waals surface area contributed by atoms with Crippen LogP contribution in [0.4, 0.5) is 0 Å². The summed E-state index contributed by atoms with van der Waals surface area (Å²) < 4.78 is 0. The number of nitrogens with one attached hydrogen (secondary N) is 2. The van der Waals surface area contributed by atoms with Crippen molar-refractivity contribution in [1.29, 1.82) is 0 Å². The molecule has 5 nitrogen and oxygen atoms in total. The van der Waals surface area contributed by atoms with Gasteiger partial charge in [0, 0.05) is 17.8 Å². The summed E-state index contributed by atoms with van der Waals surface area (Å²) in [4.78, 5) is 30.0. The molecule has 138 valence electrons. The summed E-state index contributed by atoms with van der Waals surface area (Å²) in [6.07, 6.45) is 2.41. The normalized spacial score (nSPS) is 15.8. The molecule has 2 N–H and O–H groups in total. The molecule has 1 saturated heterocycles. The maximum atomic E-state index is 12.7. The van der Waals surface area contributed by atoms with E-state index in [-0.39, 0.29) is 17.7 Å². The molecule has 2 aromatic rings. The van der Waals surface area contributed by atoms with Gasteiger partial charge in [0.05, 0.1) is 6.04 Å². The van der Waals surface area contributed by atoms with Gasteiger partial charge in [0.1, 0.15) is 5.69 Å². The summed E-state index contributed by atoms with van der Waals surface area (Å²) in [5, 5.41) is 3.07. The number of aromatic nitrogens is 1. The van der Waals surface area contributed by atoms with Crippen molar-refractivity contribution in [3.05, 3.63) is 58.4 Å². The fraction of sp³-hybridized carbons (Fsp3) is 0.429. The largest absolute Gasteiger partial charge is 0.354 e. The Kier molecular flexibility index (Phi) is 5.57. The number of hydrogen-bond donors (Lipinski definition) is 2. The molecule has 1 fully saturated rings. The van der Waals surface area contributed by atoms with E-state index in [2.05, 4.69) is 27.3 Å². The van der Waals surface area contributed by atoms with Crippen LogP contribution in [0.2, 0.25) is 0 Å². The molecule has 0 radical (unpaired) electrons. The highest BCUT2D eigenvalue weighted by Crippen LogP contribution is 2.25.